The number of rotatable bonds is 7. The van der Waals surface area contributed by atoms with E-state index in [1.165, 1.54) is 6.07 Å². The Balaban J connectivity index is 1.52. The normalized spacial score (nSPS) is 22.3. The summed E-state index contributed by atoms with van der Waals surface area (Å²) in [6.45, 7) is 8.39. The number of hydrogen-bond acceptors (Lipinski definition) is 2. The van der Waals surface area contributed by atoms with E-state index in [1.807, 2.05) is 11.8 Å². The van der Waals surface area contributed by atoms with Gasteiger partial charge in [0.15, 0.2) is 5.96 Å². The van der Waals surface area contributed by atoms with E-state index in [9.17, 15) is 9.18 Å². The van der Waals surface area contributed by atoms with E-state index in [2.05, 4.69) is 29.5 Å². The van der Waals surface area contributed by atoms with Crippen LogP contribution in [0.3, 0.4) is 0 Å². The summed E-state index contributed by atoms with van der Waals surface area (Å²) in [7, 11) is 0. The molecule has 2 atom stereocenters. The highest BCUT2D eigenvalue weighted by molar-refractivity contribution is 6.31. The van der Waals surface area contributed by atoms with Gasteiger partial charge in [-0.2, -0.15) is 0 Å². The molecular formula is C23H34ClFN4O. The van der Waals surface area contributed by atoms with Gasteiger partial charge >= 0.3 is 0 Å². The molecule has 0 radical (unpaired) electrons. The Morgan fingerprint density at radius 2 is 1.93 bits per heavy atom. The number of amides is 1. The Kier molecular flexibility index (Phi) is 7.98. The number of likely N-dealkylation sites (tertiary alicyclic amines) is 1. The summed E-state index contributed by atoms with van der Waals surface area (Å²) in [5, 5.41) is 7.45. The van der Waals surface area contributed by atoms with Gasteiger partial charge in [-0.1, -0.05) is 31.5 Å². The molecule has 166 valence electrons. The maximum Gasteiger partial charge on any atom is 0.225 e. The minimum Gasteiger partial charge on any atom is -0.354 e. The van der Waals surface area contributed by atoms with Crippen LogP contribution in [-0.4, -0.2) is 48.5 Å². The summed E-state index contributed by atoms with van der Waals surface area (Å²) in [4.78, 5) is 19.2. The molecule has 1 amide bonds. The molecule has 2 unspecified atom stereocenters. The fourth-order valence-electron chi connectivity index (χ4n) is 4.34. The van der Waals surface area contributed by atoms with Crippen LogP contribution in [0.5, 0.6) is 0 Å². The first-order valence-electron chi connectivity index (χ1n) is 11.3. The molecule has 1 saturated carbocycles. The number of carbonyl (C=O) groups is 1. The summed E-state index contributed by atoms with van der Waals surface area (Å²) in [5.41, 5.74) is 0.598. The number of guanidine groups is 1. The molecule has 2 fully saturated rings. The Bertz CT molecular complexity index is 739. The van der Waals surface area contributed by atoms with Gasteiger partial charge in [-0.25, -0.2) is 4.39 Å². The van der Waals surface area contributed by atoms with Gasteiger partial charge < -0.3 is 15.5 Å². The largest absolute Gasteiger partial charge is 0.354 e. The minimum absolute atomic E-state index is 0.0713. The van der Waals surface area contributed by atoms with Crippen LogP contribution in [0.4, 0.5) is 4.39 Å². The molecule has 1 aromatic carbocycles. The quantitative estimate of drug-likeness (QED) is 0.494. The van der Waals surface area contributed by atoms with Gasteiger partial charge in [0.05, 0.1) is 0 Å². The summed E-state index contributed by atoms with van der Waals surface area (Å²) >= 11 is 6.22. The Labute approximate surface area is 184 Å². The predicted molar refractivity (Wildman–Crippen MR) is 120 cm³/mol. The Morgan fingerprint density at radius 1 is 1.23 bits per heavy atom. The van der Waals surface area contributed by atoms with E-state index in [4.69, 9.17) is 11.6 Å². The lowest BCUT2D eigenvalue weighted by atomic mass is 9.98. The molecule has 1 aliphatic carbocycles. The summed E-state index contributed by atoms with van der Waals surface area (Å²) in [6.07, 6.45) is 4.46. The zero-order valence-corrected chi connectivity index (χ0v) is 19.0. The van der Waals surface area contributed by atoms with E-state index in [-0.39, 0.29) is 29.7 Å². The van der Waals surface area contributed by atoms with E-state index in [0.717, 1.165) is 51.2 Å². The molecule has 0 spiro atoms. The van der Waals surface area contributed by atoms with Gasteiger partial charge in [-0.15, -0.1) is 0 Å². The van der Waals surface area contributed by atoms with Crippen LogP contribution in [-0.2, 0) is 4.79 Å². The molecule has 1 heterocycles. The van der Waals surface area contributed by atoms with Gasteiger partial charge in [0.25, 0.3) is 0 Å². The van der Waals surface area contributed by atoms with Crippen LogP contribution in [0.25, 0.3) is 0 Å². The van der Waals surface area contributed by atoms with Crippen molar-refractivity contribution in [2.24, 2.45) is 10.9 Å². The molecule has 1 aliphatic heterocycles. The number of halogens is 2. The second-order valence-electron chi connectivity index (χ2n) is 8.31. The second kappa shape index (κ2) is 10.5. The lowest BCUT2D eigenvalue weighted by Crippen LogP contribution is -2.51. The smallest absolute Gasteiger partial charge is 0.225 e. The molecule has 5 nitrogen and oxygen atoms in total. The highest BCUT2D eigenvalue weighted by Gasteiger charge is 2.42. The molecule has 2 N–H and O–H groups in total. The second-order valence-corrected chi connectivity index (χ2v) is 8.72. The van der Waals surface area contributed by atoms with E-state index < -0.39 is 0 Å². The van der Waals surface area contributed by atoms with E-state index >= 15 is 0 Å². The van der Waals surface area contributed by atoms with Crippen LogP contribution < -0.4 is 10.6 Å². The molecular weight excluding hydrogens is 403 g/mol. The highest BCUT2D eigenvalue weighted by atomic mass is 35.5. The van der Waals surface area contributed by atoms with Crippen LogP contribution in [0.1, 0.15) is 64.4 Å². The summed E-state index contributed by atoms with van der Waals surface area (Å²) in [6, 6.07) is 5.26. The average Bonchev–Trinajstić information content (AvgIpc) is 3.48. The molecule has 1 saturated heterocycles. The first kappa shape index (κ1) is 22.9. The zero-order valence-electron chi connectivity index (χ0n) is 18.3. The van der Waals surface area contributed by atoms with Crippen molar-refractivity contribution in [1.82, 2.24) is 15.5 Å². The molecule has 7 heteroatoms. The molecule has 3 rings (SSSR count). The van der Waals surface area contributed by atoms with Crippen LogP contribution in [0, 0.1) is 11.7 Å². The number of aliphatic imine (C=N–C) groups is 1. The van der Waals surface area contributed by atoms with Crippen LogP contribution >= 0.6 is 11.6 Å². The van der Waals surface area contributed by atoms with Gasteiger partial charge in [-0.05, 0) is 51.2 Å². The molecule has 2 aliphatic rings. The standard InChI is InChI=1S/C23H34ClFN4O/c1-4-15(5-2)22(30)29-12-10-16(11-13-29)27-23(26-6-3)28-20-14-17(20)21-18(24)8-7-9-19(21)25/h7-9,15-17,20H,4-6,10-14H2,1-3H3,(H2,26,27,28). The van der Waals surface area contributed by atoms with E-state index in [1.54, 1.807) is 12.1 Å². The summed E-state index contributed by atoms with van der Waals surface area (Å²) < 4.78 is 14.2. The van der Waals surface area contributed by atoms with Gasteiger partial charge in [-0.3, -0.25) is 9.79 Å². The first-order valence-corrected chi connectivity index (χ1v) is 11.7. The van der Waals surface area contributed by atoms with Crippen molar-refractivity contribution in [2.75, 3.05) is 19.6 Å². The summed E-state index contributed by atoms with van der Waals surface area (Å²) in [5.74, 6) is 1.03. The fraction of sp³-hybridized carbons (Fsp3) is 0.652. The number of hydrogen-bond donors (Lipinski definition) is 2. The number of benzene rings is 1. The number of nitrogens with zero attached hydrogens (tertiary/aromatic N) is 2. The van der Waals surface area contributed by atoms with Crippen molar-refractivity contribution in [3.05, 3.63) is 34.6 Å². The minimum atomic E-state index is -0.242. The highest BCUT2D eigenvalue weighted by Crippen LogP contribution is 2.44. The third-order valence-electron chi connectivity index (χ3n) is 6.28. The van der Waals surface area contributed by atoms with Gasteiger partial charge in [0.1, 0.15) is 5.82 Å². The van der Waals surface area contributed by atoms with Crippen molar-refractivity contribution < 1.29 is 9.18 Å². The van der Waals surface area contributed by atoms with Crippen LogP contribution in [0.2, 0.25) is 5.02 Å². The van der Waals surface area contributed by atoms with Crippen molar-refractivity contribution >= 4 is 23.5 Å². The maximum absolute atomic E-state index is 14.2. The van der Waals surface area contributed by atoms with Crippen molar-refractivity contribution in [3.63, 3.8) is 0 Å². The SMILES string of the molecule is CCN=C(NC1CCN(C(=O)C(CC)CC)CC1)NC1CC1c1c(F)cccc1Cl. The van der Waals surface area contributed by atoms with E-state index in [0.29, 0.717) is 23.0 Å². The predicted octanol–water partition coefficient (Wildman–Crippen LogP) is 4.32. The fourth-order valence-corrected chi connectivity index (χ4v) is 4.64. The van der Waals surface area contributed by atoms with Crippen LogP contribution in [0.15, 0.2) is 23.2 Å². The van der Waals surface area contributed by atoms with Crippen molar-refractivity contribution in [3.8, 4) is 0 Å². The topological polar surface area (TPSA) is 56.7 Å². The Morgan fingerprint density at radius 3 is 2.53 bits per heavy atom. The monoisotopic (exact) mass is 436 g/mol. The zero-order chi connectivity index (χ0) is 21.7. The number of nitrogens with one attached hydrogen (secondary N) is 2. The van der Waals surface area contributed by atoms with Gasteiger partial charge in [0.2, 0.25) is 5.91 Å². The third-order valence-corrected chi connectivity index (χ3v) is 6.61. The number of piperidine rings is 1. The lowest BCUT2D eigenvalue weighted by molar-refractivity contribution is -0.136. The molecule has 0 aromatic heterocycles. The van der Waals surface area contributed by atoms with Crippen molar-refractivity contribution in [2.45, 2.75) is 70.9 Å². The molecule has 1 aromatic rings. The number of carbonyl (C=O) groups excluding carboxylic acids is 1. The third kappa shape index (κ3) is 5.45. The first-order chi connectivity index (χ1) is 14.5. The van der Waals surface area contributed by atoms with Gasteiger partial charge in [0, 0.05) is 54.1 Å². The maximum atomic E-state index is 14.2. The molecule has 0 bridgehead atoms. The molecule has 30 heavy (non-hydrogen) atoms. The van der Waals surface area contributed by atoms with Crippen molar-refractivity contribution in [1.29, 1.82) is 0 Å². The Hall–Kier alpha value is -1.82. The average molecular weight is 437 g/mol. The lowest BCUT2D eigenvalue weighted by Gasteiger charge is -2.35.